The van der Waals surface area contributed by atoms with Crippen molar-refractivity contribution in [1.29, 1.82) is 0 Å². The van der Waals surface area contributed by atoms with Crippen LogP contribution in [0, 0.1) is 0 Å². The number of hydrogen-bond acceptors (Lipinski definition) is 3. The first-order valence-corrected chi connectivity index (χ1v) is 3.04. The molecule has 3 nitrogen and oxygen atoms in total. The van der Waals surface area contributed by atoms with Crippen LogP contribution in [0.2, 0.25) is 0 Å². The minimum absolute atomic E-state index is 0.0722. The summed E-state index contributed by atoms with van der Waals surface area (Å²) in [5.74, 6) is -0.394. The number of carbonyl (C=O) groups excluding carboxylic acids is 1. The third-order valence-electron chi connectivity index (χ3n) is 0.640. The summed E-state index contributed by atoms with van der Waals surface area (Å²) in [5, 5.41) is 0. The number of esters is 1. The van der Waals surface area contributed by atoms with Crippen molar-refractivity contribution in [1.82, 2.24) is 0 Å². The summed E-state index contributed by atoms with van der Waals surface area (Å²) in [5.41, 5.74) is -0.443. The average Bonchev–Trinajstić information content (AvgIpc) is 1.59. The fraction of sp³-hybridized carbons (Fsp3) is 0.714. The fourth-order valence-electron chi connectivity index (χ4n) is 0.448. The molecule has 0 bridgehead atoms. The summed E-state index contributed by atoms with van der Waals surface area (Å²) in [4.78, 5) is 13.8. The van der Waals surface area contributed by atoms with Crippen molar-refractivity contribution < 1.29 is 9.53 Å². The summed E-state index contributed by atoms with van der Waals surface area (Å²) in [7, 11) is 0. The van der Waals surface area contributed by atoms with Crippen molar-refractivity contribution in [3.05, 3.63) is 0 Å². The second kappa shape index (κ2) is 3.34. The van der Waals surface area contributed by atoms with Crippen molar-refractivity contribution >= 4 is 12.7 Å². The first kappa shape index (κ1) is 9.14. The molecule has 0 atom stereocenters. The molecule has 0 saturated carbocycles. The lowest BCUT2D eigenvalue weighted by Gasteiger charge is -2.18. The van der Waals surface area contributed by atoms with E-state index in [4.69, 9.17) is 11.5 Å². The van der Waals surface area contributed by atoms with E-state index in [9.17, 15) is 4.79 Å². The zero-order valence-electron chi connectivity index (χ0n) is 6.55. The van der Waals surface area contributed by atoms with E-state index in [2.05, 4.69) is 4.99 Å². The van der Waals surface area contributed by atoms with Gasteiger partial charge in [-0.15, -0.1) is 0 Å². The van der Waals surface area contributed by atoms with Crippen LogP contribution in [0.3, 0.4) is 0 Å². The van der Waals surface area contributed by atoms with Crippen molar-refractivity contribution in [2.24, 2.45) is 4.99 Å². The van der Waals surface area contributed by atoms with E-state index in [1.54, 1.807) is 20.8 Å². The zero-order chi connectivity index (χ0) is 8.20. The van der Waals surface area contributed by atoms with Gasteiger partial charge in [0.2, 0.25) is 0 Å². The van der Waals surface area contributed by atoms with Crippen LogP contribution in [-0.4, -0.2) is 24.8 Å². The van der Waals surface area contributed by atoms with Crippen molar-refractivity contribution in [2.45, 2.75) is 26.4 Å². The summed E-state index contributed by atoms with van der Waals surface area (Å²) in [6.07, 6.45) is 0. The maximum absolute atomic E-state index is 10.7. The number of carbonyl (C=O) groups is 1. The summed E-state index contributed by atoms with van der Waals surface area (Å²) in [6, 6.07) is 0. The van der Waals surface area contributed by atoms with Gasteiger partial charge in [0.15, 0.2) is 0 Å². The Morgan fingerprint density at radius 1 is 1.60 bits per heavy atom. The van der Waals surface area contributed by atoms with Gasteiger partial charge in [0.1, 0.15) is 5.60 Å². The highest BCUT2D eigenvalue weighted by Crippen LogP contribution is 2.06. The Labute approximate surface area is 61.1 Å². The number of hydrogen-bond donors (Lipinski definition) is 0. The Kier molecular flexibility index (Phi) is 3.06. The van der Waals surface area contributed by atoms with E-state index in [0.29, 0.717) is 0 Å². The molecule has 0 N–H and O–H groups in total. The van der Waals surface area contributed by atoms with Crippen LogP contribution in [0.15, 0.2) is 4.99 Å². The molecule has 58 valence electrons. The molecule has 0 aliphatic heterocycles. The van der Waals surface area contributed by atoms with Crippen LogP contribution in [0.4, 0.5) is 0 Å². The maximum atomic E-state index is 10.7. The fourth-order valence-corrected chi connectivity index (χ4v) is 0.448. The van der Waals surface area contributed by atoms with E-state index in [0.717, 1.165) is 0 Å². The van der Waals surface area contributed by atoms with Gasteiger partial charge in [-0.05, 0) is 20.8 Å². The molecule has 0 rings (SSSR count). The Balaban J connectivity index is 3.68. The van der Waals surface area contributed by atoms with Crippen LogP contribution < -0.4 is 0 Å². The third kappa shape index (κ3) is 5.28. The van der Waals surface area contributed by atoms with Gasteiger partial charge in [0.05, 0.1) is 6.54 Å². The third-order valence-corrected chi connectivity index (χ3v) is 0.640. The normalized spacial score (nSPS) is 10.7. The Bertz CT molecular complexity index is 135. The molecule has 0 heterocycles. The standard InChI is InChI=1S/C7H12NO2/c1-7(2,3)10-6(9)5-8-4/h4H,5H2,1-3H3/q-1. The monoisotopic (exact) mass is 142 g/mol. The van der Waals surface area contributed by atoms with Gasteiger partial charge in [-0.25, -0.2) is 0 Å². The van der Waals surface area contributed by atoms with Gasteiger partial charge in [-0.2, -0.15) is 0 Å². The smallest absolute Gasteiger partial charge is 0.324 e. The molecular weight excluding hydrogens is 130 g/mol. The van der Waals surface area contributed by atoms with Crippen molar-refractivity contribution in [3.63, 3.8) is 0 Å². The molecular formula is C7H12NO2-. The first-order valence-electron chi connectivity index (χ1n) is 3.04. The lowest BCUT2D eigenvalue weighted by atomic mass is 10.2. The summed E-state index contributed by atoms with van der Waals surface area (Å²) in [6.45, 7) is 10.1. The zero-order valence-corrected chi connectivity index (χ0v) is 6.55. The molecule has 0 aliphatic rings. The number of nitrogens with zero attached hydrogens (tertiary/aromatic N) is 1. The van der Waals surface area contributed by atoms with Crippen LogP contribution >= 0.6 is 0 Å². The maximum Gasteiger partial charge on any atom is 0.324 e. The molecule has 0 saturated heterocycles. The molecule has 3 heteroatoms. The summed E-state index contributed by atoms with van der Waals surface area (Å²) < 4.78 is 4.87. The van der Waals surface area contributed by atoms with Gasteiger partial charge in [-0.1, -0.05) is 0 Å². The Hall–Kier alpha value is -0.860. The number of ether oxygens (including phenoxy) is 1. The predicted molar refractivity (Wildman–Crippen MR) is 39.2 cm³/mol. The predicted octanol–water partition coefficient (Wildman–Crippen LogP) is 0.906. The van der Waals surface area contributed by atoms with Gasteiger partial charge in [-0.3, -0.25) is 4.79 Å². The molecule has 0 aromatic carbocycles. The van der Waals surface area contributed by atoms with Crippen LogP contribution in [0.25, 0.3) is 0 Å². The average molecular weight is 142 g/mol. The van der Waals surface area contributed by atoms with Crippen molar-refractivity contribution in [2.75, 3.05) is 6.54 Å². The summed E-state index contributed by atoms with van der Waals surface area (Å²) >= 11 is 0. The SMILES string of the molecule is [CH-]=NCC(=O)OC(C)(C)C. The highest BCUT2D eigenvalue weighted by Gasteiger charge is 2.14. The van der Waals surface area contributed by atoms with Crippen molar-refractivity contribution in [3.8, 4) is 0 Å². The second-order valence-corrected chi connectivity index (χ2v) is 2.93. The Morgan fingerprint density at radius 3 is 2.40 bits per heavy atom. The van der Waals surface area contributed by atoms with Gasteiger partial charge < -0.3 is 16.4 Å². The number of rotatable bonds is 2. The van der Waals surface area contributed by atoms with Crippen LogP contribution in [-0.2, 0) is 9.53 Å². The van der Waals surface area contributed by atoms with E-state index in [1.165, 1.54) is 0 Å². The topological polar surface area (TPSA) is 38.7 Å². The molecule has 0 spiro atoms. The molecule has 0 radical (unpaired) electrons. The minimum atomic E-state index is -0.443. The molecule has 0 amide bonds. The van der Waals surface area contributed by atoms with E-state index < -0.39 is 11.6 Å². The first-order chi connectivity index (χ1) is 4.45. The van der Waals surface area contributed by atoms with Gasteiger partial charge in [0, 0.05) is 0 Å². The molecule has 0 fully saturated rings. The minimum Gasteiger partial charge on any atom is -0.497 e. The van der Waals surface area contributed by atoms with E-state index in [1.807, 2.05) is 0 Å². The molecule has 0 aromatic rings. The van der Waals surface area contributed by atoms with E-state index in [-0.39, 0.29) is 6.54 Å². The number of aliphatic imine (C=N–C) groups is 1. The van der Waals surface area contributed by atoms with Crippen LogP contribution in [0.5, 0.6) is 0 Å². The lowest BCUT2D eigenvalue weighted by Crippen LogP contribution is -2.25. The highest BCUT2D eigenvalue weighted by molar-refractivity contribution is 5.72. The van der Waals surface area contributed by atoms with E-state index >= 15 is 0 Å². The second-order valence-electron chi connectivity index (χ2n) is 2.93. The highest BCUT2D eigenvalue weighted by atomic mass is 16.6. The molecule has 0 aliphatic carbocycles. The van der Waals surface area contributed by atoms with Gasteiger partial charge in [0.25, 0.3) is 0 Å². The lowest BCUT2D eigenvalue weighted by molar-refractivity contribution is -0.152. The Morgan fingerprint density at radius 2 is 2.10 bits per heavy atom. The quantitative estimate of drug-likeness (QED) is 0.326. The van der Waals surface area contributed by atoms with Crippen LogP contribution in [0.1, 0.15) is 20.8 Å². The molecule has 0 aromatic heterocycles. The molecule has 10 heavy (non-hydrogen) atoms. The molecule has 0 unspecified atom stereocenters. The largest absolute Gasteiger partial charge is 0.497 e. The van der Waals surface area contributed by atoms with Gasteiger partial charge >= 0.3 is 5.97 Å².